The van der Waals surface area contributed by atoms with Crippen molar-refractivity contribution in [2.24, 2.45) is 17.3 Å². The highest BCUT2D eigenvalue weighted by Crippen LogP contribution is 2.37. The van der Waals surface area contributed by atoms with Gasteiger partial charge >= 0.3 is 0 Å². The summed E-state index contributed by atoms with van der Waals surface area (Å²) < 4.78 is 11.7. The third-order valence-electron chi connectivity index (χ3n) is 9.54. The van der Waals surface area contributed by atoms with Crippen LogP contribution in [0.25, 0.3) is 0 Å². The molecule has 2 fully saturated rings. The number of rotatable bonds is 17. The first kappa shape index (κ1) is 36.0. The summed E-state index contributed by atoms with van der Waals surface area (Å²) in [5.74, 6) is -3.99. The fourth-order valence-corrected chi connectivity index (χ4v) is 6.78. The molecule has 2 aliphatic rings. The summed E-state index contributed by atoms with van der Waals surface area (Å²) in [6.45, 7) is 9.72. The van der Waals surface area contributed by atoms with E-state index in [1.54, 1.807) is 13.8 Å². The van der Waals surface area contributed by atoms with Crippen molar-refractivity contribution >= 4 is 17.8 Å². The molecule has 0 spiro atoms. The number of hydrogen-bond donors (Lipinski definition) is 2. The van der Waals surface area contributed by atoms with Gasteiger partial charge in [-0.05, 0) is 45.1 Å². The molecule has 1 saturated carbocycles. The van der Waals surface area contributed by atoms with Crippen LogP contribution in [0, 0.1) is 17.3 Å². The molecule has 1 aliphatic heterocycles. The smallest absolute Gasteiger partial charge is 0.249 e. The van der Waals surface area contributed by atoms with Gasteiger partial charge in [0.05, 0.1) is 6.61 Å². The Morgan fingerprint density at radius 1 is 0.932 bits per heavy atom. The second-order valence-electron chi connectivity index (χ2n) is 14.3. The van der Waals surface area contributed by atoms with E-state index >= 15 is 0 Å². The Bertz CT molecular complexity index is 1050. The van der Waals surface area contributed by atoms with Crippen molar-refractivity contribution in [2.75, 3.05) is 13.2 Å². The van der Waals surface area contributed by atoms with Crippen molar-refractivity contribution in [3.63, 3.8) is 0 Å². The van der Waals surface area contributed by atoms with Crippen LogP contribution >= 0.6 is 0 Å². The van der Waals surface area contributed by atoms with Crippen LogP contribution in [-0.4, -0.2) is 48.4 Å². The largest absolute Gasteiger partial charge is 0.550 e. The molecule has 248 valence electrons. The second kappa shape index (κ2) is 16.7. The maximum Gasteiger partial charge on any atom is 0.249 e. The minimum atomic E-state index is -1.26. The zero-order valence-electron chi connectivity index (χ0n) is 27.9. The van der Waals surface area contributed by atoms with Gasteiger partial charge in [0.1, 0.15) is 6.10 Å². The van der Waals surface area contributed by atoms with E-state index in [1.165, 1.54) is 32.1 Å². The Labute approximate surface area is 265 Å². The molecule has 3 rings (SSSR count). The fraction of sp³-hybridized carbons (Fsp3) is 0.750. The molecule has 1 aromatic rings. The van der Waals surface area contributed by atoms with Gasteiger partial charge in [0.15, 0.2) is 5.79 Å². The average molecular weight is 614 g/mol. The zero-order valence-corrected chi connectivity index (χ0v) is 27.9. The molecule has 2 N–H and O–H groups in total. The lowest BCUT2D eigenvalue weighted by Gasteiger charge is -2.47. The van der Waals surface area contributed by atoms with Gasteiger partial charge in [0, 0.05) is 35.3 Å². The number of amides is 2. The van der Waals surface area contributed by atoms with Crippen molar-refractivity contribution < 1.29 is 29.0 Å². The second-order valence-corrected chi connectivity index (χ2v) is 14.3. The van der Waals surface area contributed by atoms with Gasteiger partial charge in [-0.25, -0.2) is 0 Å². The predicted molar refractivity (Wildman–Crippen MR) is 170 cm³/mol. The Balaban J connectivity index is 1.74. The Morgan fingerprint density at radius 3 is 2.20 bits per heavy atom. The zero-order chi connectivity index (χ0) is 32.2. The number of ether oxygens (including phenoxy) is 2. The average Bonchev–Trinajstić information content (AvgIpc) is 2.98. The number of unbranched alkanes of at least 4 members (excludes halogenated alkanes) is 6. The Hall–Kier alpha value is -2.45. The molecule has 1 aliphatic carbocycles. The van der Waals surface area contributed by atoms with Crippen molar-refractivity contribution in [3.05, 3.63) is 35.9 Å². The van der Waals surface area contributed by atoms with Crippen molar-refractivity contribution in [3.8, 4) is 0 Å². The first-order valence-corrected chi connectivity index (χ1v) is 17.1. The molecule has 1 aromatic carbocycles. The fourth-order valence-electron chi connectivity index (χ4n) is 6.78. The maximum absolute atomic E-state index is 14.0. The third-order valence-corrected chi connectivity index (χ3v) is 9.54. The summed E-state index contributed by atoms with van der Waals surface area (Å²) in [6, 6.07) is 10.0. The van der Waals surface area contributed by atoms with Crippen LogP contribution in [0.2, 0.25) is 0 Å². The first-order chi connectivity index (χ1) is 20.9. The molecule has 8 heteroatoms. The Kier molecular flexibility index (Phi) is 13.7. The van der Waals surface area contributed by atoms with Crippen LogP contribution in [-0.2, 0) is 30.3 Å². The third kappa shape index (κ3) is 10.6. The molecule has 0 bridgehead atoms. The van der Waals surface area contributed by atoms with E-state index < -0.39 is 34.7 Å². The van der Waals surface area contributed by atoms with Gasteiger partial charge in [-0.2, -0.15) is 0 Å². The number of carbonyl (C=O) groups excluding carboxylic acids is 3. The molecule has 1 saturated heterocycles. The number of nitrogens with one attached hydrogen (secondary N) is 2. The van der Waals surface area contributed by atoms with E-state index in [2.05, 4.69) is 17.6 Å². The number of aliphatic carboxylic acids is 1. The van der Waals surface area contributed by atoms with Crippen LogP contribution in [0.15, 0.2) is 30.3 Å². The van der Waals surface area contributed by atoms with E-state index in [1.807, 2.05) is 44.2 Å². The monoisotopic (exact) mass is 613 g/mol. The summed E-state index contributed by atoms with van der Waals surface area (Å²) in [6.07, 6.45) is 12.4. The number of carboxylic acids is 1. The molecule has 44 heavy (non-hydrogen) atoms. The number of carboxylic acid groups (broad SMARTS) is 1. The lowest BCUT2D eigenvalue weighted by Crippen LogP contribution is -2.64. The van der Waals surface area contributed by atoms with Gasteiger partial charge in [-0.15, -0.1) is 0 Å². The van der Waals surface area contributed by atoms with E-state index in [-0.39, 0.29) is 24.3 Å². The first-order valence-electron chi connectivity index (χ1n) is 17.1. The standard InChI is InChI=1S/C36H58N2O6/c1-6-7-8-9-10-11-16-21-28(24-27-19-14-12-15-20-27)31(39)38-36(22-17-13-18-23-36)29(33(41)42)25-37-32(40)30-34(2,3)26-43-35(4,5)44-30/h12,14-15,19-20,28-30H,6-11,13,16-18,21-26H2,1-5H3,(H,37,40)(H,38,39)(H,41,42)/p-1. The van der Waals surface area contributed by atoms with Gasteiger partial charge in [-0.3, -0.25) is 9.59 Å². The van der Waals surface area contributed by atoms with Crippen molar-refractivity contribution in [1.82, 2.24) is 10.6 Å². The number of benzene rings is 1. The molecular formula is C36H57N2O6-. The minimum absolute atomic E-state index is 0.102. The van der Waals surface area contributed by atoms with Crippen LogP contribution in [0.5, 0.6) is 0 Å². The summed E-state index contributed by atoms with van der Waals surface area (Å²) in [7, 11) is 0. The molecule has 0 radical (unpaired) electrons. The van der Waals surface area contributed by atoms with E-state index in [0.29, 0.717) is 25.9 Å². The molecular weight excluding hydrogens is 556 g/mol. The van der Waals surface area contributed by atoms with Crippen molar-refractivity contribution in [2.45, 2.75) is 142 Å². The van der Waals surface area contributed by atoms with E-state index in [0.717, 1.165) is 44.1 Å². The molecule has 3 unspecified atom stereocenters. The van der Waals surface area contributed by atoms with E-state index in [9.17, 15) is 19.5 Å². The summed E-state index contributed by atoms with van der Waals surface area (Å²) in [5, 5.41) is 18.9. The maximum atomic E-state index is 14.0. The quantitative estimate of drug-likeness (QED) is 0.225. The lowest BCUT2D eigenvalue weighted by atomic mass is 9.72. The Morgan fingerprint density at radius 2 is 1.57 bits per heavy atom. The van der Waals surface area contributed by atoms with Crippen LogP contribution in [0.3, 0.4) is 0 Å². The van der Waals surface area contributed by atoms with Gasteiger partial charge in [-0.1, -0.05) is 115 Å². The van der Waals surface area contributed by atoms with Gasteiger partial charge < -0.3 is 30.0 Å². The topological polar surface area (TPSA) is 117 Å². The summed E-state index contributed by atoms with van der Waals surface area (Å²) >= 11 is 0. The lowest BCUT2D eigenvalue weighted by molar-refractivity contribution is -0.314. The molecule has 8 nitrogen and oxygen atoms in total. The van der Waals surface area contributed by atoms with E-state index in [4.69, 9.17) is 9.47 Å². The van der Waals surface area contributed by atoms with Gasteiger partial charge in [0.25, 0.3) is 0 Å². The molecule has 1 heterocycles. The SMILES string of the molecule is CCCCCCCCCC(Cc1ccccc1)C(=O)NC1(C(CNC(=O)C2OC(C)(C)OCC2(C)C)C(=O)[O-])CCCCC1. The van der Waals surface area contributed by atoms with Crippen LogP contribution < -0.4 is 15.7 Å². The highest BCUT2D eigenvalue weighted by Gasteiger charge is 2.47. The predicted octanol–water partition coefficient (Wildman–Crippen LogP) is 5.47. The van der Waals surface area contributed by atoms with Gasteiger partial charge in [0.2, 0.25) is 11.8 Å². The highest BCUT2D eigenvalue weighted by atomic mass is 16.7. The molecule has 0 aromatic heterocycles. The number of carbonyl (C=O) groups is 3. The molecule has 2 amide bonds. The number of hydrogen-bond acceptors (Lipinski definition) is 6. The van der Waals surface area contributed by atoms with Crippen LogP contribution in [0.1, 0.15) is 124 Å². The minimum Gasteiger partial charge on any atom is -0.550 e. The van der Waals surface area contributed by atoms with Crippen LogP contribution in [0.4, 0.5) is 0 Å². The summed E-state index contributed by atoms with van der Waals surface area (Å²) in [5.41, 5.74) is -0.477. The highest BCUT2D eigenvalue weighted by molar-refractivity contribution is 5.83. The van der Waals surface area contributed by atoms with Crippen molar-refractivity contribution in [1.29, 1.82) is 0 Å². The summed E-state index contributed by atoms with van der Waals surface area (Å²) in [4.78, 5) is 40.2. The molecule has 3 atom stereocenters. The normalized spacial score (nSPS) is 22.0.